The summed E-state index contributed by atoms with van der Waals surface area (Å²) >= 11 is 0. The molecule has 5 heteroatoms. The molecule has 0 saturated heterocycles. The van der Waals surface area contributed by atoms with Gasteiger partial charge < -0.3 is 14.6 Å². The van der Waals surface area contributed by atoms with Gasteiger partial charge in [0.05, 0.1) is 20.1 Å². The first kappa shape index (κ1) is 12.4. The summed E-state index contributed by atoms with van der Waals surface area (Å²) in [7, 11) is 3.00. The second kappa shape index (κ2) is 4.68. The van der Waals surface area contributed by atoms with E-state index in [1.54, 1.807) is 18.2 Å². The Kier molecular flexibility index (Phi) is 3.23. The highest BCUT2D eigenvalue weighted by molar-refractivity contribution is 6.03. The first-order chi connectivity index (χ1) is 8.58. The van der Waals surface area contributed by atoms with Gasteiger partial charge in [-0.05, 0) is 24.6 Å². The molecule has 0 bridgehead atoms. The fourth-order valence-electron chi connectivity index (χ4n) is 1.96. The highest BCUT2D eigenvalue weighted by Gasteiger charge is 2.48. The molecule has 2 unspecified atom stereocenters. The van der Waals surface area contributed by atoms with Crippen molar-refractivity contribution in [1.29, 1.82) is 0 Å². The summed E-state index contributed by atoms with van der Waals surface area (Å²) in [6, 6.07) is 4.85. The topological polar surface area (TPSA) is 72.8 Å². The van der Waals surface area contributed by atoms with Gasteiger partial charge in [0.15, 0.2) is 17.3 Å². The van der Waals surface area contributed by atoms with Crippen LogP contribution in [0.4, 0.5) is 0 Å². The number of hydrogen-bond acceptors (Lipinski definition) is 4. The maximum Gasteiger partial charge on any atom is 0.307 e. The zero-order chi connectivity index (χ0) is 13.3. The lowest BCUT2D eigenvalue weighted by molar-refractivity contribution is -0.138. The summed E-state index contributed by atoms with van der Waals surface area (Å²) in [5.41, 5.74) is 0.460. The lowest BCUT2D eigenvalue weighted by Gasteiger charge is -2.08. The lowest BCUT2D eigenvalue weighted by Crippen LogP contribution is -2.08. The molecule has 2 rings (SSSR count). The standard InChI is InChI=1S/C13H14O5/c1-17-10-4-3-7(5-11(10)18-2)12(14)8-6-9(8)13(15)16/h3-5,8-9H,6H2,1-2H3,(H,15,16). The molecule has 2 atom stereocenters. The number of Topliss-reactive ketones (excluding diaryl/α,β-unsaturated/α-hetero) is 1. The van der Waals surface area contributed by atoms with Gasteiger partial charge in [0, 0.05) is 11.5 Å². The highest BCUT2D eigenvalue weighted by atomic mass is 16.5. The van der Waals surface area contributed by atoms with E-state index in [9.17, 15) is 9.59 Å². The number of ether oxygens (including phenoxy) is 2. The van der Waals surface area contributed by atoms with Gasteiger partial charge in [0.1, 0.15) is 0 Å². The summed E-state index contributed by atoms with van der Waals surface area (Å²) in [6.45, 7) is 0. The number of rotatable bonds is 5. The quantitative estimate of drug-likeness (QED) is 0.804. The number of carboxylic acid groups (broad SMARTS) is 1. The van der Waals surface area contributed by atoms with E-state index in [1.807, 2.05) is 0 Å². The van der Waals surface area contributed by atoms with Crippen molar-refractivity contribution in [2.75, 3.05) is 14.2 Å². The molecular weight excluding hydrogens is 236 g/mol. The van der Waals surface area contributed by atoms with E-state index in [2.05, 4.69) is 0 Å². The maximum absolute atomic E-state index is 12.0. The molecule has 1 N–H and O–H groups in total. The normalized spacial score (nSPS) is 21.2. The Hall–Kier alpha value is -2.04. The number of hydrogen-bond donors (Lipinski definition) is 1. The third-order valence-electron chi connectivity index (χ3n) is 3.11. The minimum absolute atomic E-state index is 0.150. The SMILES string of the molecule is COc1ccc(C(=O)C2CC2C(=O)O)cc1OC. The monoisotopic (exact) mass is 250 g/mol. The number of carbonyl (C=O) groups is 2. The van der Waals surface area contributed by atoms with Crippen LogP contribution in [0.3, 0.4) is 0 Å². The van der Waals surface area contributed by atoms with E-state index in [0.717, 1.165) is 0 Å². The Bertz CT molecular complexity index is 494. The predicted octanol–water partition coefficient (Wildman–Crippen LogP) is 1.61. The average Bonchev–Trinajstić information content (AvgIpc) is 3.17. The number of methoxy groups -OCH3 is 2. The Balaban J connectivity index is 2.19. The van der Waals surface area contributed by atoms with Crippen LogP contribution in [0.5, 0.6) is 11.5 Å². The smallest absolute Gasteiger partial charge is 0.307 e. The summed E-state index contributed by atoms with van der Waals surface area (Å²) in [5.74, 6) is -0.987. The van der Waals surface area contributed by atoms with E-state index < -0.39 is 17.8 Å². The fraction of sp³-hybridized carbons (Fsp3) is 0.385. The van der Waals surface area contributed by atoms with Crippen LogP contribution >= 0.6 is 0 Å². The highest BCUT2D eigenvalue weighted by Crippen LogP contribution is 2.42. The lowest BCUT2D eigenvalue weighted by atomic mass is 10.1. The summed E-state index contributed by atoms with van der Waals surface area (Å²) in [6.07, 6.45) is 0.419. The molecule has 18 heavy (non-hydrogen) atoms. The molecule has 1 aromatic carbocycles. The van der Waals surface area contributed by atoms with Gasteiger partial charge in [-0.25, -0.2) is 0 Å². The number of carboxylic acids is 1. The van der Waals surface area contributed by atoms with Crippen molar-refractivity contribution < 1.29 is 24.2 Å². The molecule has 1 aliphatic carbocycles. The molecule has 0 spiro atoms. The van der Waals surface area contributed by atoms with E-state index >= 15 is 0 Å². The number of benzene rings is 1. The second-order valence-corrected chi connectivity index (χ2v) is 4.22. The van der Waals surface area contributed by atoms with E-state index in [-0.39, 0.29) is 5.78 Å². The van der Waals surface area contributed by atoms with Crippen LogP contribution in [0.25, 0.3) is 0 Å². The van der Waals surface area contributed by atoms with Gasteiger partial charge in [-0.15, -0.1) is 0 Å². The van der Waals surface area contributed by atoms with E-state index in [4.69, 9.17) is 14.6 Å². The Labute approximate surface area is 104 Å². The number of ketones is 1. The molecule has 1 aromatic rings. The van der Waals surface area contributed by atoms with Crippen LogP contribution in [0.15, 0.2) is 18.2 Å². The van der Waals surface area contributed by atoms with Crippen LogP contribution in [0.1, 0.15) is 16.8 Å². The minimum atomic E-state index is -0.908. The van der Waals surface area contributed by atoms with Crippen molar-refractivity contribution in [2.45, 2.75) is 6.42 Å². The number of aliphatic carboxylic acids is 1. The molecule has 0 aromatic heterocycles. The average molecular weight is 250 g/mol. The molecule has 1 saturated carbocycles. The first-order valence-electron chi connectivity index (χ1n) is 5.57. The van der Waals surface area contributed by atoms with Crippen LogP contribution in [-0.4, -0.2) is 31.1 Å². The predicted molar refractivity (Wildman–Crippen MR) is 63.1 cm³/mol. The third kappa shape index (κ3) is 2.16. The van der Waals surface area contributed by atoms with Gasteiger partial charge in [0.25, 0.3) is 0 Å². The Morgan fingerprint density at radius 2 is 1.83 bits per heavy atom. The largest absolute Gasteiger partial charge is 0.493 e. The van der Waals surface area contributed by atoms with Crippen LogP contribution in [-0.2, 0) is 4.79 Å². The second-order valence-electron chi connectivity index (χ2n) is 4.22. The molecule has 0 amide bonds. The van der Waals surface area contributed by atoms with Crippen molar-refractivity contribution >= 4 is 11.8 Å². The van der Waals surface area contributed by atoms with Crippen molar-refractivity contribution in [2.24, 2.45) is 11.8 Å². The fourth-order valence-corrected chi connectivity index (χ4v) is 1.96. The first-order valence-corrected chi connectivity index (χ1v) is 5.57. The molecule has 0 heterocycles. The van der Waals surface area contributed by atoms with Gasteiger partial charge >= 0.3 is 5.97 Å². The summed E-state index contributed by atoms with van der Waals surface area (Å²) in [5, 5.41) is 8.81. The Morgan fingerprint density at radius 3 is 2.33 bits per heavy atom. The molecule has 1 aliphatic rings. The van der Waals surface area contributed by atoms with Crippen molar-refractivity contribution in [3.8, 4) is 11.5 Å². The van der Waals surface area contributed by atoms with Gasteiger partial charge in [-0.2, -0.15) is 0 Å². The molecule has 0 aliphatic heterocycles. The molecule has 5 nitrogen and oxygen atoms in total. The van der Waals surface area contributed by atoms with Crippen LogP contribution in [0, 0.1) is 11.8 Å². The van der Waals surface area contributed by atoms with E-state index in [0.29, 0.717) is 23.5 Å². The Morgan fingerprint density at radius 1 is 1.17 bits per heavy atom. The van der Waals surface area contributed by atoms with Gasteiger partial charge in [-0.3, -0.25) is 9.59 Å². The third-order valence-corrected chi connectivity index (χ3v) is 3.11. The van der Waals surface area contributed by atoms with E-state index in [1.165, 1.54) is 14.2 Å². The molecule has 0 radical (unpaired) electrons. The van der Waals surface area contributed by atoms with Crippen LogP contribution < -0.4 is 9.47 Å². The molecular formula is C13H14O5. The molecule has 1 fully saturated rings. The van der Waals surface area contributed by atoms with Crippen molar-refractivity contribution in [3.63, 3.8) is 0 Å². The summed E-state index contributed by atoms with van der Waals surface area (Å²) < 4.78 is 10.2. The maximum atomic E-state index is 12.0. The molecule has 96 valence electrons. The zero-order valence-corrected chi connectivity index (χ0v) is 10.2. The summed E-state index contributed by atoms with van der Waals surface area (Å²) in [4.78, 5) is 22.8. The number of carbonyl (C=O) groups excluding carboxylic acids is 1. The minimum Gasteiger partial charge on any atom is -0.493 e. The van der Waals surface area contributed by atoms with Crippen molar-refractivity contribution in [1.82, 2.24) is 0 Å². The van der Waals surface area contributed by atoms with Crippen LogP contribution in [0.2, 0.25) is 0 Å². The van der Waals surface area contributed by atoms with Crippen molar-refractivity contribution in [3.05, 3.63) is 23.8 Å². The van der Waals surface area contributed by atoms with Gasteiger partial charge in [-0.1, -0.05) is 0 Å². The van der Waals surface area contributed by atoms with Gasteiger partial charge in [0.2, 0.25) is 0 Å². The zero-order valence-electron chi connectivity index (χ0n) is 10.2.